The molecule has 1 heterocycles. The van der Waals surface area contributed by atoms with Crippen molar-refractivity contribution in [1.29, 1.82) is 0 Å². The number of phosphoric acid groups is 1. The number of ether oxygens (including phenoxy) is 1. The molecule has 126 valence electrons. The minimum atomic E-state index is -4.11. The van der Waals surface area contributed by atoms with Gasteiger partial charge in [0.15, 0.2) is 0 Å². The summed E-state index contributed by atoms with van der Waals surface area (Å²) in [5, 5.41) is 0. The number of hydrogen-bond acceptors (Lipinski definition) is 5. The van der Waals surface area contributed by atoms with Crippen molar-refractivity contribution < 1.29 is 52.8 Å². The second kappa shape index (κ2) is 14.4. The molecule has 0 aromatic carbocycles. The smallest absolute Gasteiger partial charge is 0.756 e. The van der Waals surface area contributed by atoms with Crippen LogP contribution in [0.2, 0.25) is 0 Å². The van der Waals surface area contributed by atoms with Crippen molar-refractivity contribution >= 4 is 7.82 Å². The molecular weight excluding hydrogens is 314 g/mol. The van der Waals surface area contributed by atoms with Crippen molar-refractivity contribution in [3.8, 4) is 0 Å². The van der Waals surface area contributed by atoms with Crippen LogP contribution in [0.3, 0.4) is 0 Å². The van der Waals surface area contributed by atoms with Crippen LogP contribution in [0.5, 0.6) is 0 Å². The Morgan fingerprint density at radius 2 is 1.50 bits per heavy atom. The molecule has 0 aromatic rings. The Morgan fingerprint density at radius 1 is 1.00 bits per heavy atom. The molecule has 1 aliphatic heterocycles. The Kier molecular flexibility index (Phi) is 15.1. The van der Waals surface area contributed by atoms with E-state index in [0.29, 0.717) is 6.61 Å². The standard InChI is InChI=1S/C15H31O5P.Na/c1-2-3-4-5-6-7-8-9-10-11-12-19-21(16,17)20-14-15-13-18-15;/h15H,2-14H2,1H3,(H,16,17);/q;+1/p-1. The van der Waals surface area contributed by atoms with Crippen molar-refractivity contribution in [3.63, 3.8) is 0 Å². The predicted molar refractivity (Wildman–Crippen MR) is 81.1 cm³/mol. The summed E-state index contributed by atoms with van der Waals surface area (Å²) in [5.74, 6) is 0. The summed E-state index contributed by atoms with van der Waals surface area (Å²) in [5.41, 5.74) is 0. The molecule has 22 heavy (non-hydrogen) atoms. The third kappa shape index (κ3) is 14.6. The molecule has 2 atom stereocenters. The molecule has 1 aliphatic rings. The molecule has 0 saturated carbocycles. The van der Waals surface area contributed by atoms with Gasteiger partial charge in [-0.05, 0) is 6.42 Å². The molecular formula is C15H30NaO5P. The van der Waals surface area contributed by atoms with Gasteiger partial charge in [0.1, 0.15) is 6.10 Å². The molecule has 0 spiro atoms. The molecule has 1 fully saturated rings. The van der Waals surface area contributed by atoms with Gasteiger partial charge in [0.25, 0.3) is 7.82 Å². The van der Waals surface area contributed by atoms with Gasteiger partial charge < -0.3 is 18.7 Å². The van der Waals surface area contributed by atoms with Crippen LogP contribution in [-0.4, -0.2) is 25.9 Å². The maximum absolute atomic E-state index is 11.4. The Morgan fingerprint density at radius 3 is 2.00 bits per heavy atom. The summed E-state index contributed by atoms with van der Waals surface area (Å²) in [6, 6.07) is 0. The molecule has 7 heteroatoms. The van der Waals surface area contributed by atoms with Crippen LogP contribution >= 0.6 is 7.82 Å². The molecule has 1 rings (SSSR count). The second-order valence-electron chi connectivity index (χ2n) is 5.71. The SMILES string of the molecule is CCCCCCCCCCCCOP(=O)([O-])OCC1CO1.[Na+]. The first kappa shape index (κ1) is 23.1. The molecule has 1 saturated heterocycles. The topological polar surface area (TPSA) is 71.1 Å². The molecule has 0 amide bonds. The van der Waals surface area contributed by atoms with Crippen LogP contribution in [0.15, 0.2) is 0 Å². The maximum atomic E-state index is 11.4. The van der Waals surface area contributed by atoms with E-state index in [1.54, 1.807) is 0 Å². The molecule has 0 aromatic heterocycles. The maximum Gasteiger partial charge on any atom is 1.00 e. The zero-order valence-corrected chi connectivity index (χ0v) is 17.2. The third-order valence-electron chi connectivity index (χ3n) is 3.57. The van der Waals surface area contributed by atoms with Crippen molar-refractivity contribution in [3.05, 3.63) is 0 Å². The molecule has 0 aliphatic carbocycles. The summed E-state index contributed by atoms with van der Waals surface area (Å²) in [6.07, 6.45) is 12.1. The van der Waals surface area contributed by atoms with E-state index in [1.807, 2.05) is 0 Å². The van der Waals surface area contributed by atoms with E-state index in [0.717, 1.165) is 19.3 Å². The quantitative estimate of drug-likeness (QED) is 0.190. The first-order valence-corrected chi connectivity index (χ1v) is 9.82. The molecule has 5 nitrogen and oxygen atoms in total. The molecule has 2 unspecified atom stereocenters. The van der Waals surface area contributed by atoms with E-state index in [9.17, 15) is 9.46 Å². The number of unbranched alkanes of at least 4 members (excludes halogenated alkanes) is 9. The van der Waals surface area contributed by atoms with Crippen LogP contribution in [0.4, 0.5) is 0 Å². The Bertz CT molecular complexity index is 300. The van der Waals surface area contributed by atoms with Crippen LogP contribution in [0.25, 0.3) is 0 Å². The third-order valence-corrected chi connectivity index (χ3v) is 4.53. The summed E-state index contributed by atoms with van der Waals surface area (Å²) in [4.78, 5) is 11.4. The van der Waals surface area contributed by atoms with Crippen molar-refractivity contribution in [2.45, 2.75) is 77.2 Å². The monoisotopic (exact) mass is 344 g/mol. The van der Waals surface area contributed by atoms with Gasteiger partial charge in [-0.2, -0.15) is 0 Å². The molecule has 0 bridgehead atoms. The van der Waals surface area contributed by atoms with Gasteiger partial charge in [0.05, 0.1) is 19.8 Å². The average molecular weight is 344 g/mol. The van der Waals surface area contributed by atoms with Gasteiger partial charge in [0, 0.05) is 0 Å². The van der Waals surface area contributed by atoms with Gasteiger partial charge in [-0.25, -0.2) is 0 Å². The molecule has 0 radical (unpaired) electrons. The first-order valence-electron chi connectivity index (χ1n) is 8.36. The van der Waals surface area contributed by atoms with E-state index in [4.69, 9.17) is 13.8 Å². The first-order chi connectivity index (χ1) is 10.1. The van der Waals surface area contributed by atoms with Crippen LogP contribution in [-0.2, 0) is 18.3 Å². The Labute approximate surface area is 157 Å². The van der Waals surface area contributed by atoms with Crippen molar-refractivity contribution in [2.24, 2.45) is 0 Å². The second-order valence-corrected chi connectivity index (χ2v) is 7.12. The minimum absolute atomic E-state index is 0. The van der Waals surface area contributed by atoms with Crippen LogP contribution in [0.1, 0.15) is 71.1 Å². The number of hydrogen-bond donors (Lipinski definition) is 0. The van der Waals surface area contributed by atoms with Gasteiger partial charge in [-0.1, -0.05) is 64.7 Å². The van der Waals surface area contributed by atoms with E-state index in [1.165, 1.54) is 44.9 Å². The summed E-state index contributed by atoms with van der Waals surface area (Å²) >= 11 is 0. The van der Waals surface area contributed by atoms with Crippen LogP contribution in [0, 0.1) is 0 Å². The van der Waals surface area contributed by atoms with E-state index < -0.39 is 7.82 Å². The summed E-state index contributed by atoms with van der Waals surface area (Å²) < 4.78 is 25.7. The number of rotatable bonds is 15. The van der Waals surface area contributed by atoms with Gasteiger partial charge >= 0.3 is 29.6 Å². The van der Waals surface area contributed by atoms with Gasteiger partial charge in [-0.3, -0.25) is 4.57 Å². The van der Waals surface area contributed by atoms with Gasteiger partial charge in [-0.15, -0.1) is 0 Å². The largest absolute Gasteiger partial charge is 1.00 e. The fraction of sp³-hybridized carbons (Fsp3) is 1.00. The fourth-order valence-corrected chi connectivity index (χ4v) is 2.92. The van der Waals surface area contributed by atoms with Gasteiger partial charge in [0.2, 0.25) is 0 Å². The minimum Gasteiger partial charge on any atom is -0.756 e. The van der Waals surface area contributed by atoms with Crippen molar-refractivity contribution in [1.82, 2.24) is 0 Å². The summed E-state index contributed by atoms with van der Waals surface area (Å²) in [7, 11) is -4.11. The van der Waals surface area contributed by atoms with E-state index in [-0.39, 0.29) is 48.9 Å². The van der Waals surface area contributed by atoms with Crippen molar-refractivity contribution in [2.75, 3.05) is 19.8 Å². The summed E-state index contributed by atoms with van der Waals surface area (Å²) in [6.45, 7) is 3.12. The number of epoxide rings is 1. The Hall–Kier alpha value is 1.07. The molecule has 0 N–H and O–H groups in total. The average Bonchev–Trinajstić information content (AvgIpc) is 3.27. The van der Waals surface area contributed by atoms with E-state index >= 15 is 0 Å². The van der Waals surface area contributed by atoms with Crippen LogP contribution < -0.4 is 34.5 Å². The van der Waals surface area contributed by atoms with E-state index in [2.05, 4.69) is 6.92 Å². The normalized spacial score (nSPS) is 19.5. The Balaban J connectivity index is 0.00000441. The number of phosphoric ester groups is 1. The zero-order valence-electron chi connectivity index (χ0n) is 14.3. The predicted octanol–water partition coefficient (Wildman–Crippen LogP) is 0.812. The fourth-order valence-electron chi connectivity index (χ4n) is 2.14. The zero-order chi connectivity index (χ0) is 15.4.